The summed E-state index contributed by atoms with van der Waals surface area (Å²) in [5, 5.41) is 0. The SMILES string of the molecule is CB1c2cc(C(C)(C)C)ccc2-c2ccc(C(C)(C)C)cc2[B-]12c1cc(C(C)(C)C)ccc1-c1ccc(C(C)(C)C)cc12. The van der Waals surface area contributed by atoms with E-state index in [9.17, 15) is 0 Å². The molecule has 4 aromatic carbocycles. The van der Waals surface area contributed by atoms with Crippen molar-refractivity contribution in [2.45, 2.75) is 112 Å². The van der Waals surface area contributed by atoms with Gasteiger partial charge in [0.2, 0.25) is 0 Å². The molecule has 0 atom stereocenters. The molecule has 2 heterocycles. The van der Waals surface area contributed by atoms with Gasteiger partial charge in [-0.3, -0.25) is 0 Å². The van der Waals surface area contributed by atoms with E-state index in [4.69, 9.17) is 0 Å². The fraction of sp³-hybridized carbons (Fsp3) is 0.415. The normalized spacial score (nSPS) is 15.7. The van der Waals surface area contributed by atoms with Gasteiger partial charge in [0.15, 0.2) is 0 Å². The molecule has 0 bridgehead atoms. The van der Waals surface area contributed by atoms with Gasteiger partial charge in [0.25, 0.3) is 0 Å². The first-order valence-corrected chi connectivity index (χ1v) is 16.5. The van der Waals surface area contributed by atoms with Crippen molar-refractivity contribution in [3.8, 4) is 22.3 Å². The van der Waals surface area contributed by atoms with E-state index in [-0.39, 0.29) is 21.7 Å². The summed E-state index contributed by atoms with van der Waals surface area (Å²) in [4.78, 5) is 0. The van der Waals surface area contributed by atoms with Gasteiger partial charge in [0, 0.05) is 6.60 Å². The van der Waals surface area contributed by atoms with E-state index in [2.05, 4.69) is 163 Å². The third-order valence-corrected chi connectivity index (χ3v) is 11.0. The highest BCUT2D eigenvalue weighted by molar-refractivity contribution is 7.54. The van der Waals surface area contributed by atoms with Gasteiger partial charge in [-0.25, -0.2) is 0 Å². The van der Waals surface area contributed by atoms with Crippen LogP contribution in [0.2, 0.25) is 6.82 Å². The predicted molar refractivity (Wildman–Crippen MR) is 194 cm³/mol. The number of fused-ring (bicyclic) bond motifs is 9. The van der Waals surface area contributed by atoms with E-state index < -0.39 is 6.04 Å². The van der Waals surface area contributed by atoms with Gasteiger partial charge in [-0.1, -0.05) is 173 Å². The lowest BCUT2D eigenvalue weighted by Crippen LogP contribution is -2.79. The molecule has 0 aromatic heterocycles. The van der Waals surface area contributed by atoms with Crippen molar-refractivity contribution in [3.63, 3.8) is 0 Å². The third-order valence-electron chi connectivity index (χ3n) is 11.0. The maximum absolute atomic E-state index is 2.61. The lowest BCUT2D eigenvalue weighted by atomic mass is 8.87. The average Bonchev–Trinajstić information content (AvgIpc) is 3.19. The maximum atomic E-state index is 2.61. The predicted octanol–water partition coefficient (Wildman–Crippen LogP) is 8.42. The highest BCUT2D eigenvalue weighted by Crippen LogP contribution is 2.40. The van der Waals surface area contributed by atoms with Gasteiger partial charge in [0.05, 0.1) is 6.04 Å². The van der Waals surface area contributed by atoms with Crippen LogP contribution in [0, 0.1) is 0 Å². The Hall–Kier alpha value is -2.99. The van der Waals surface area contributed by atoms with Crippen LogP contribution >= 0.6 is 0 Å². The fourth-order valence-corrected chi connectivity index (χ4v) is 8.18. The molecular weight excluding hydrogens is 514 g/mol. The summed E-state index contributed by atoms with van der Waals surface area (Å²) in [6, 6.07) is 28.4. The van der Waals surface area contributed by atoms with Crippen LogP contribution in [0.15, 0.2) is 72.8 Å². The largest absolute Gasteiger partial charge is 0.198 e. The van der Waals surface area contributed by atoms with Crippen LogP contribution in [0.1, 0.15) is 105 Å². The molecule has 2 heteroatoms. The number of hydrogen-bond donors (Lipinski definition) is 0. The molecule has 0 saturated heterocycles. The molecular formula is C41H51B2-. The first-order valence-electron chi connectivity index (χ1n) is 16.5. The average molecular weight is 565 g/mol. The summed E-state index contributed by atoms with van der Waals surface area (Å²) in [5.41, 5.74) is 17.8. The van der Waals surface area contributed by atoms with Crippen molar-refractivity contribution < 1.29 is 0 Å². The Labute approximate surface area is 262 Å². The van der Waals surface area contributed by atoms with Crippen LogP contribution in [0.25, 0.3) is 22.3 Å². The zero-order valence-corrected chi connectivity index (χ0v) is 29.1. The van der Waals surface area contributed by atoms with Crippen molar-refractivity contribution in [1.29, 1.82) is 0 Å². The van der Waals surface area contributed by atoms with E-state index in [0.29, 0.717) is 6.60 Å². The monoisotopic (exact) mass is 565 g/mol. The lowest BCUT2D eigenvalue weighted by Gasteiger charge is -2.51. The number of rotatable bonds is 0. The maximum Gasteiger partial charge on any atom is 0.0671 e. The molecule has 0 radical (unpaired) electrons. The summed E-state index contributed by atoms with van der Waals surface area (Å²) >= 11 is 0. The zero-order chi connectivity index (χ0) is 31.5. The van der Waals surface area contributed by atoms with E-state index >= 15 is 0 Å². The van der Waals surface area contributed by atoms with Crippen LogP contribution in [0.4, 0.5) is 0 Å². The summed E-state index contributed by atoms with van der Waals surface area (Å²) < 4.78 is 0. The topological polar surface area (TPSA) is 0 Å². The van der Waals surface area contributed by atoms with Crippen molar-refractivity contribution >= 4 is 34.5 Å². The molecule has 0 saturated carbocycles. The van der Waals surface area contributed by atoms with Crippen LogP contribution in [0.5, 0.6) is 0 Å². The van der Waals surface area contributed by atoms with Crippen molar-refractivity contribution in [2.24, 2.45) is 0 Å². The van der Waals surface area contributed by atoms with Crippen LogP contribution in [-0.4, -0.2) is 12.6 Å². The second-order valence-corrected chi connectivity index (χ2v) is 17.9. The minimum Gasteiger partial charge on any atom is -0.198 e. The minimum atomic E-state index is -1.30. The molecule has 0 fully saturated rings. The lowest BCUT2D eigenvalue weighted by molar-refractivity contribution is 0.590. The first kappa shape index (κ1) is 30.1. The Kier molecular flexibility index (Phi) is 6.47. The second-order valence-electron chi connectivity index (χ2n) is 17.9. The Morgan fingerprint density at radius 1 is 0.395 bits per heavy atom. The Balaban J connectivity index is 1.82. The van der Waals surface area contributed by atoms with Crippen LogP contribution in [0.3, 0.4) is 0 Å². The Morgan fingerprint density at radius 2 is 0.674 bits per heavy atom. The van der Waals surface area contributed by atoms with E-state index in [1.54, 1.807) is 10.9 Å². The van der Waals surface area contributed by atoms with Gasteiger partial charge < -0.3 is 0 Å². The zero-order valence-electron chi connectivity index (χ0n) is 29.1. The summed E-state index contributed by atoms with van der Waals surface area (Å²) in [6.45, 7) is 31.1. The van der Waals surface area contributed by atoms with Crippen LogP contribution in [-0.2, 0) is 21.7 Å². The Morgan fingerprint density at radius 3 is 1.00 bits per heavy atom. The third kappa shape index (κ3) is 4.50. The highest BCUT2D eigenvalue weighted by atomic mass is 14.3. The molecule has 2 aliphatic heterocycles. The smallest absolute Gasteiger partial charge is 0.0671 e. The van der Waals surface area contributed by atoms with E-state index in [1.807, 2.05) is 0 Å². The second kappa shape index (κ2) is 9.26. The number of benzene rings is 4. The highest BCUT2D eigenvalue weighted by Gasteiger charge is 2.48. The van der Waals surface area contributed by atoms with Crippen molar-refractivity contribution in [1.82, 2.24) is 0 Å². The summed E-state index contributed by atoms with van der Waals surface area (Å²) in [7, 11) is 0. The van der Waals surface area contributed by atoms with Gasteiger partial charge >= 0.3 is 0 Å². The number of hydrogen-bond acceptors (Lipinski definition) is 0. The summed E-state index contributed by atoms with van der Waals surface area (Å²) in [5.74, 6) is 0. The fourth-order valence-electron chi connectivity index (χ4n) is 8.18. The van der Waals surface area contributed by atoms with Gasteiger partial charge in [-0.2, -0.15) is 16.4 Å². The molecule has 1 spiro atoms. The van der Waals surface area contributed by atoms with E-state index in [0.717, 1.165) is 0 Å². The van der Waals surface area contributed by atoms with Gasteiger partial charge in [0.1, 0.15) is 0 Å². The molecule has 6 rings (SSSR count). The standard InChI is InChI=1S/C41H51B2/c1-38(2,3)26-14-18-30-31-19-15-27(39(4,5)6)23-35(31)43(42(13)34(30)22-26)36-24-28(40(7,8)9)16-20-32(36)33-21-17-29(25-37(33)43)41(10,11)12/h14-25H,1-13H3/q-1. The molecule has 0 aliphatic carbocycles. The Bertz CT molecular complexity index is 1700. The molecule has 0 N–H and O–H groups in total. The summed E-state index contributed by atoms with van der Waals surface area (Å²) in [6.07, 6.45) is 0. The minimum absolute atomic E-state index is 0.0662. The molecule has 4 aromatic rings. The quantitative estimate of drug-likeness (QED) is 0.188. The first-order chi connectivity index (χ1) is 19.8. The molecule has 2 aliphatic rings. The van der Waals surface area contributed by atoms with Crippen molar-refractivity contribution in [3.05, 3.63) is 95.1 Å². The molecule has 222 valence electrons. The molecule has 0 unspecified atom stereocenters. The molecule has 43 heavy (non-hydrogen) atoms. The van der Waals surface area contributed by atoms with Crippen LogP contribution < -0.4 is 21.9 Å². The molecule has 0 nitrogen and oxygen atoms in total. The van der Waals surface area contributed by atoms with Gasteiger partial charge in [-0.05, 0) is 49.5 Å². The van der Waals surface area contributed by atoms with Crippen molar-refractivity contribution in [2.75, 3.05) is 0 Å². The van der Waals surface area contributed by atoms with E-state index in [1.165, 1.54) is 55.4 Å². The van der Waals surface area contributed by atoms with Gasteiger partial charge in [-0.15, -0.1) is 12.3 Å². The molecule has 0 amide bonds.